The zero-order valence-electron chi connectivity index (χ0n) is 11.1. The number of ketones is 2. The van der Waals surface area contributed by atoms with Gasteiger partial charge in [0.15, 0.2) is 11.6 Å². The lowest BCUT2D eigenvalue weighted by Gasteiger charge is -1.98. The van der Waals surface area contributed by atoms with Crippen LogP contribution in [0.5, 0.6) is 0 Å². The smallest absolute Gasteiger partial charge is 0.163 e. The molecule has 0 saturated heterocycles. The minimum absolute atomic E-state index is 0.140. The Morgan fingerprint density at radius 2 is 1.60 bits per heavy atom. The summed E-state index contributed by atoms with van der Waals surface area (Å²) in [6.45, 7) is 2.73. The molecule has 1 aromatic carbocycles. The zero-order chi connectivity index (χ0) is 14.7. The molecule has 0 amide bonds. The van der Waals surface area contributed by atoms with E-state index in [0.717, 1.165) is 10.0 Å². The van der Waals surface area contributed by atoms with Gasteiger partial charge < -0.3 is 4.42 Å². The van der Waals surface area contributed by atoms with Crippen LogP contribution in [0.2, 0.25) is 0 Å². The molecule has 3 nitrogen and oxygen atoms in total. The van der Waals surface area contributed by atoms with Crippen LogP contribution in [-0.2, 0) is 9.59 Å². The fraction of sp³-hybridized carbons (Fsp3) is 0.125. The minimum Gasteiger partial charge on any atom is -0.457 e. The van der Waals surface area contributed by atoms with Gasteiger partial charge in [0.2, 0.25) is 0 Å². The molecule has 0 saturated carbocycles. The van der Waals surface area contributed by atoms with Crippen LogP contribution in [0.4, 0.5) is 0 Å². The van der Waals surface area contributed by atoms with E-state index in [0.29, 0.717) is 11.5 Å². The van der Waals surface area contributed by atoms with E-state index in [4.69, 9.17) is 4.42 Å². The molecule has 0 N–H and O–H groups in total. The van der Waals surface area contributed by atoms with Gasteiger partial charge in [0, 0.05) is 10.0 Å². The summed E-state index contributed by atoms with van der Waals surface area (Å²) in [6, 6.07) is 11.2. The fourth-order valence-electron chi connectivity index (χ4n) is 1.79. The lowest BCUT2D eigenvalue weighted by Crippen LogP contribution is -2.05. The van der Waals surface area contributed by atoms with Gasteiger partial charge >= 0.3 is 0 Å². The fourth-order valence-corrected chi connectivity index (χ4v) is 2.06. The van der Waals surface area contributed by atoms with Crippen molar-refractivity contribution in [3.63, 3.8) is 0 Å². The largest absolute Gasteiger partial charge is 0.457 e. The van der Waals surface area contributed by atoms with Crippen LogP contribution < -0.4 is 0 Å². The molecular formula is C16H13BrO3. The second kappa shape index (κ2) is 6.01. The van der Waals surface area contributed by atoms with Crippen molar-refractivity contribution in [3.05, 3.63) is 52.2 Å². The number of carbonyl (C=O) groups excluding carboxylic acids is 2. The zero-order valence-corrected chi connectivity index (χ0v) is 12.7. The Hall–Kier alpha value is -1.94. The van der Waals surface area contributed by atoms with Crippen molar-refractivity contribution in [3.8, 4) is 11.3 Å². The summed E-state index contributed by atoms with van der Waals surface area (Å²) in [7, 11) is 0. The SMILES string of the molecule is CC(=O)C(=Cc1ccc(-c2ccc(Br)cc2)o1)C(C)=O. The van der Waals surface area contributed by atoms with Gasteiger partial charge in [-0.15, -0.1) is 0 Å². The van der Waals surface area contributed by atoms with Gasteiger partial charge in [-0.3, -0.25) is 9.59 Å². The molecule has 2 rings (SSSR count). The summed E-state index contributed by atoms with van der Waals surface area (Å²) in [5.74, 6) is 0.650. The molecule has 1 heterocycles. The van der Waals surface area contributed by atoms with E-state index in [1.165, 1.54) is 19.9 Å². The first-order chi connectivity index (χ1) is 9.47. The van der Waals surface area contributed by atoms with E-state index in [-0.39, 0.29) is 17.1 Å². The van der Waals surface area contributed by atoms with Crippen LogP contribution >= 0.6 is 15.9 Å². The standard InChI is InChI=1S/C16H13BrO3/c1-10(18)15(11(2)19)9-14-7-8-16(20-14)12-3-5-13(17)6-4-12/h3-9H,1-2H3. The Morgan fingerprint density at radius 3 is 2.15 bits per heavy atom. The predicted molar refractivity (Wildman–Crippen MR) is 81.2 cm³/mol. The molecule has 2 aromatic rings. The normalized spacial score (nSPS) is 10.2. The highest BCUT2D eigenvalue weighted by molar-refractivity contribution is 9.10. The third-order valence-electron chi connectivity index (χ3n) is 2.80. The van der Waals surface area contributed by atoms with E-state index < -0.39 is 0 Å². The maximum atomic E-state index is 11.4. The number of hydrogen-bond acceptors (Lipinski definition) is 3. The van der Waals surface area contributed by atoms with E-state index >= 15 is 0 Å². The molecule has 0 bridgehead atoms. The van der Waals surface area contributed by atoms with Crippen molar-refractivity contribution in [2.24, 2.45) is 0 Å². The van der Waals surface area contributed by atoms with Crippen LogP contribution in [0.1, 0.15) is 19.6 Å². The molecule has 20 heavy (non-hydrogen) atoms. The second-order valence-corrected chi connectivity index (χ2v) is 5.29. The van der Waals surface area contributed by atoms with Crippen LogP contribution in [0.25, 0.3) is 17.4 Å². The number of allylic oxidation sites excluding steroid dienone is 1. The molecular weight excluding hydrogens is 320 g/mol. The molecule has 0 aliphatic rings. The maximum absolute atomic E-state index is 11.4. The highest BCUT2D eigenvalue weighted by Gasteiger charge is 2.11. The molecule has 0 aliphatic carbocycles. The highest BCUT2D eigenvalue weighted by Crippen LogP contribution is 2.25. The van der Waals surface area contributed by atoms with Crippen molar-refractivity contribution < 1.29 is 14.0 Å². The molecule has 0 radical (unpaired) electrons. The Labute approximate surface area is 125 Å². The quantitative estimate of drug-likeness (QED) is 0.477. The highest BCUT2D eigenvalue weighted by atomic mass is 79.9. The Balaban J connectivity index is 2.33. The summed E-state index contributed by atoms with van der Waals surface area (Å²) in [6.07, 6.45) is 1.48. The van der Waals surface area contributed by atoms with Crippen LogP contribution in [-0.4, -0.2) is 11.6 Å². The molecule has 0 fully saturated rings. The van der Waals surface area contributed by atoms with Gasteiger partial charge in [-0.05, 0) is 44.2 Å². The lowest BCUT2D eigenvalue weighted by atomic mass is 10.1. The predicted octanol–water partition coefficient (Wildman–Crippen LogP) is 4.27. The summed E-state index contributed by atoms with van der Waals surface area (Å²) < 4.78 is 6.63. The molecule has 0 spiro atoms. The van der Waals surface area contributed by atoms with Crippen molar-refractivity contribution in [1.29, 1.82) is 0 Å². The molecule has 0 aliphatic heterocycles. The molecule has 102 valence electrons. The van der Waals surface area contributed by atoms with Crippen LogP contribution in [0, 0.1) is 0 Å². The Kier molecular flexibility index (Phi) is 4.35. The number of benzene rings is 1. The van der Waals surface area contributed by atoms with Crippen molar-refractivity contribution in [2.45, 2.75) is 13.8 Å². The molecule has 1 aromatic heterocycles. The first-order valence-corrected chi connectivity index (χ1v) is 6.86. The third kappa shape index (κ3) is 3.33. The Morgan fingerprint density at radius 1 is 1.00 bits per heavy atom. The number of furan rings is 1. The number of rotatable bonds is 4. The average molecular weight is 333 g/mol. The number of Topliss-reactive ketones (excluding diaryl/α,β-unsaturated/α-hetero) is 2. The summed E-state index contributed by atoms with van der Waals surface area (Å²) in [4.78, 5) is 22.7. The summed E-state index contributed by atoms with van der Waals surface area (Å²) in [5, 5.41) is 0. The van der Waals surface area contributed by atoms with Gasteiger partial charge in [0.1, 0.15) is 11.5 Å². The minimum atomic E-state index is -0.265. The number of halogens is 1. The number of hydrogen-bond donors (Lipinski definition) is 0. The monoisotopic (exact) mass is 332 g/mol. The van der Waals surface area contributed by atoms with Crippen molar-refractivity contribution in [1.82, 2.24) is 0 Å². The third-order valence-corrected chi connectivity index (χ3v) is 3.33. The first-order valence-electron chi connectivity index (χ1n) is 6.06. The summed E-state index contributed by atoms with van der Waals surface area (Å²) in [5.41, 5.74) is 1.07. The van der Waals surface area contributed by atoms with Gasteiger partial charge in [0.25, 0.3) is 0 Å². The average Bonchev–Trinajstić information content (AvgIpc) is 2.84. The van der Waals surface area contributed by atoms with E-state index in [1.54, 1.807) is 6.07 Å². The van der Waals surface area contributed by atoms with Crippen molar-refractivity contribution in [2.75, 3.05) is 0 Å². The molecule has 0 atom stereocenters. The Bertz CT molecular complexity index is 662. The topological polar surface area (TPSA) is 47.3 Å². The number of carbonyl (C=O) groups is 2. The second-order valence-electron chi connectivity index (χ2n) is 4.38. The van der Waals surface area contributed by atoms with Gasteiger partial charge in [-0.1, -0.05) is 28.1 Å². The van der Waals surface area contributed by atoms with Crippen LogP contribution in [0.3, 0.4) is 0 Å². The van der Waals surface area contributed by atoms with E-state index in [1.807, 2.05) is 30.3 Å². The van der Waals surface area contributed by atoms with Crippen LogP contribution in [0.15, 0.2) is 50.9 Å². The molecule has 4 heteroatoms. The van der Waals surface area contributed by atoms with Gasteiger partial charge in [-0.25, -0.2) is 0 Å². The van der Waals surface area contributed by atoms with E-state index in [2.05, 4.69) is 15.9 Å². The van der Waals surface area contributed by atoms with Gasteiger partial charge in [0.05, 0.1) is 5.57 Å². The van der Waals surface area contributed by atoms with Crippen molar-refractivity contribution >= 4 is 33.6 Å². The first kappa shape index (κ1) is 14.5. The molecule has 0 unspecified atom stereocenters. The lowest BCUT2D eigenvalue weighted by molar-refractivity contribution is -0.119. The van der Waals surface area contributed by atoms with E-state index in [9.17, 15) is 9.59 Å². The summed E-state index contributed by atoms with van der Waals surface area (Å²) >= 11 is 3.37. The maximum Gasteiger partial charge on any atom is 0.163 e. The van der Waals surface area contributed by atoms with Gasteiger partial charge in [-0.2, -0.15) is 0 Å².